The summed E-state index contributed by atoms with van der Waals surface area (Å²) in [4.78, 5) is 32.1. The quantitative estimate of drug-likeness (QED) is 0.292. The molecule has 0 radical (unpaired) electrons. The molecule has 38 heavy (non-hydrogen) atoms. The molecule has 0 fully saturated rings. The van der Waals surface area contributed by atoms with Crippen LogP contribution < -0.4 is 29.1 Å². The first kappa shape index (κ1) is 27.2. The monoisotopic (exact) mass is 596 g/mol. The highest BCUT2D eigenvalue weighted by atomic mass is 79.9. The summed E-state index contributed by atoms with van der Waals surface area (Å²) < 4.78 is 24.4. The lowest BCUT2D eigenvalue weighted by atomic mass is 9.95. The van der Waals surface area contributed by atoms with Crippen molar-refractivity contribution in [1.29, 1.82) is 0 Å². The van der Waals surface area contributed by atoms with Crippen molar-refractivity contribution < 1.29 is 23.7 Å². The van der Waals surface area contributed by atoms with E-state index in [2.05, 4.69) is 26.8 Å². The molecule has 1 aliphatic rings. The van der Waals surface area contributed by atoms with Gasteiger partial charge in [-0.1, -0.05) is 45.3 Å². The number of fused-ring (bicyclic) bond motifs is 1. The fraction of sp³-hybridized carbons (Fsp3) is 0.250. The van der Waals surface area contributed by atoms with E-state index in [-0.39, 0.29) is 24.3 Å². The lowest BCUT2D eigenvalue weighted by Gasteiger charge is -2.26. The minimum absolute atomic E-state index is 0.141. The summed E-state index contributed by atoms with van der Waals surface area (Å²) in [6, 6.07) is 9.94. The van der Waals surface area contributed by atoms with Crippen molar-refractivity contribution in [2.45, 2.75) is 19.9 Å². The SMILES string of the molecule is C#CCOc1cccc(/C=c2\sc3n(c2=O)[C@H](c2cc(OC)c(OC)cc2Br)C(C(=O)OCC)=C(C)N=3)c1. The zero-order valence-corrected chi connectivity index (χ0v) is 23.6. The molecular weight excluding hydrogens is 572 g/mol. The van der Waals surface area contributed by atoms with Crippen molar-refractivity contribution in [3.05, 3.63) is 83.0 Å². The van der Waals surface area contributed by atoms with Gasteiger partial charge < -0.3 is 18.9 Å². The first-order valence-electron chi connectivity index (χ1n) is 11.6. The van der Waals surface area contributed by atoms with Crippen LogP contribution in [0.4, 0.5) is 0 Å². The van der Waals surface area contributed by atoms with Gasteiger partial charge in [0.2, 0.25) is 0 Å². The zero-order chi connectivity index (χ0) is 27.4. The first-order valence-corrected chi connectivity index (χ1v) is 13.2. The molecule has 1 aromatic heterocycles. The van der Waals surface area contributed by atoms with Gasteiger partial charge in [0.1, 0.15) is 12.4 Å². The van der Waals surface area contributed by atoms with Gasteiger partial charge in [0, 0.05) is 4.47 Å². The Morgan fingerprint density at radius 3 is 2.66 bits per heavy atom. The Hall–Kier alpha value is -3.81. The molecule has 0 bridgehead atoms. The van der Waals surface area contributed by atoms with E-state index in [4.69, 9.17) is 25.4 Å². The number of aromatic nitrogens is 1. The summed E-state index contributed by atoms with van der Waals surface area (Å²) in [5, 5.41) is 0. The van der Waals surface area contributed by atoms with Crippen molar-refractivity contribution in [3.8, 4) is 29.6 Å². The summed E-state index contributed by atoms with van der Waals surface area (Å²) in [7, 11) is 3.06. The topological polar surface area (TPSA) is 88.3 Å². The number of rotatable bonds is 8. The Morgan fingerprint density at radius 2 is 1.97 bits per heavy atom. The van der Waals surface area contributed by atoms with Crippen molar-refractivity contribution in [3.63, 3.8) is 0 Å². The van der Waals surface area contributed by atoms with Gasteiger partial charge in [-0.05, 0) is 55.3 Å². The van der Waals surface area contributed by atoms with Crippen LogP contribution in [0.3, 0.4) is 0 Å². The molecular formula is C28H25BrN2O6S. The number of halogens is 1. The highest BCUT2D eigenvalue weighted by Gasteiger charge is 2.35. The molecule has 0 saturated heterocycles. The van der Waals surface area contributed by atoms with Crippen molar-refractivity contribution in [2.24, 2.45) is 4.99 Å². The highest BCUT2D eigenvalue weighted by molar-refractivity contribution is 9.10. The average molecular weight is 597 g/mol. The number of allylic oxidation sites excluding steroid dienone is 1. The van der Waals surface area contributed by atoms with E-state index in [9.17, 15) is 9.59 Å². The number of carbonyl (C=O) groups excluding carboxylic acids is 1. The minimum atomic E-state index is -0.813. The van der Waals surface area contributed by atoms with Crippen LogP contribution in [-0.2, 0) is 9.53 Å². The molecule has 10 heteroatoms. The third kappa shape index (κ3) is 5.26. The third-order valence-electron chi connectivity index (χ3n) is 5.79. The number of ether oxygens (including phenoxy) is 4. The van der Waals surface area contributed by atoms with Crippen LogP contribution in [0, 0.1) is 12.3 Å². The van der Waals surface area contributed by atoms with Crippen LogP contribution in [0.2, 0.25) is 0 Å². The number of carbonyl (C=O) groups is 1. The van der Waals surface area contributed by atoms with E-state index < -0.39 is 12.0 Å². The Kier molecular flexibility index (Phi) is 8.39. The normalized spacial score (nSPS) is 14.8. The summed E-state index contributed by atoms with van der Waals surface area (Å²) in [5.41, 5.74) is 1.81. The number of methoxy groups -OCH3 is 2. The summed E-state index contributed by atoms with van der Waals surface area (Å²) in [6.07, 6.45) is 7.05. The van der Waals surface area contributed by atoms with Gasteiger partial charge >= 0.3 is 5.97 Å². The van der Waals surface area contributed by atoms with E-state index >= 15 is 0 Å². The van der Waals surface area contributed by atoms with Crippen LogP contribution in [0.25, 0.3) is 6.08 Å². The molecule has 4 rings (SSSR count). The van der Waals surface area contributed by atoms with Gasteiger partial charge in [0.15, 0.2) is 16.3 Å². The lowest BCUT2D eigenvalue weighted by Crippen LogP contribution is -2.40. The number of thiazole rings is 1. The number of benzene rings is 2. The molecule has 0 unspecified atom stereocenters. The van der Waals surface area contributed by atoms with E-state index in [1.54, 1.807) is 44.2 Å². The van der Waals surface area contributed by atoms with Crippen LogP contribution in [0.1, 0.15) is 31.0 Å². The fourth-order valence-corrected chi connectivity index (χ4v) is 5.72. The molecule has 8 nitrogen and oxygen atoms in total. The van der Waals surface area contributed by atoms with E-state index in [1.165, 1.54) is 30.1 Å². The number of hydrogen-bond donors (Lipinski definition) is 0. The molecule has 1 aliphatic heterocycles. The summed E-state index contributed by atoms with van der Waals surface area (Å²) in [6.45, 7) is 3.78. The predicted molar refractivity (Wildman–Crippen MR) is 148 cm³/mol. The van der Waals surface area contributed by atoms with Gasteiger partial charge in [-0.2, -0.15) is 0 Å². The molecule has 196 valence electrons. The maximum atomic E-state index is 13.9. The third-order valence-corrected chi connectivity index (χ3v) is 7.46. The van der Waals surface area contributed by atoms with E-state index in [1.807, 2.05) is 12.1 Å². The van der Waals surface area contributed by atoms with Crippen molar-refractivity contribution >= 4 is 39.3 Å². The number of hydrogen-bond acceptors (Lipinski definition) is 8. The number of esters is 1. The van der Waals surface area contributed by atoms with Crippen molar-refractivity contribution in [1.82, 2.24) is 4.57 Å². The summed E-state index contributed by atoms with van der Waals surface area (Å²) >= 11 is 4.83. The zero-order valence-electron chi connectivity index (χ0n) is 21.2. The van der Waals surface area contributed by atoms with Crippen LogP contribution >= 0.6 is 27.3 Å². The maximum absolute atomic E-state index is 13.9. The molecule has 0 amide bonds. The predicted octanol–water partition coefficient (Wildman–Crippen LogP) is 3.59. The molecule has 1 atom stereocenters. The van der Waals surface area contributed by atoms with Gasteiger partial charge in [-0.3, -0.25) is 9.36 Å². The minimum Gasteiger partial charge on any atom is -0.493 e. The van der Waals surface area contributed by atoms with Gasteiger partial charge in [-0.25, -0.2) is 9.79 Å². The molecule has 0 spiro atoms. The van der Waals surface area contributed by atoms with E-state index in [0.29, 0.717) is 42.3 Å². The first-order chi connectivity index (χ1) is 18.3. The van der Waals surface area contributed by atoms with Crippen LogP contribution in [-0.4, -0.2) is 38.0 Å². The Morgan fingerprint density at radius 1 is 1.24 bits per heavy atom. The second-order valence-corrected chi connectivity index (χ2v) is 9.96. The van der Waals surface area contributed by atoms with Crippen LogP contribution in [0.5, 0.6) is 17.2 Å². The van der Waals surface area contributed by atoms with Gasteiger partial charge in [0.05, 0.1) is 42.7 Å². The fourth-order valence-electron chi connectivity index (χ4n) is 4.14. The van der Waals surface area contributed by atoms with Crippen LogP contribution in [0.15, 0.2) is 61.9 Å². The Labute approximate surface area is 232 Å². The molecule has 0 N–H and O–H groups in total. The maximum Gasteiger partial charge on any atom is 0.338 e. The summed E-state index contributed by atoms with van der Waals surface area (Å²) in [5.74, 6) is 3.44. The highest BCUT2D eigenvalue weighted by Crippen LogP contribution is 2.40. The standard InChI is InChI=1S/C28H25BrN2O6S/c1-6-11-37-18-10-8-9-17(12-18)13-23-26(32)31-25(19-14-21(34-4)22(35-5)15-20(19)29)24(27(33)36-7-2)16(3)30-28(31)38-23/h1,8-10,12-15,25H,7,11H2,2-5H3/b23-13-/t25-/m1/s1. The van der Waals surface area contributed by atoms with Crippen molar-refractivity contribution in [2.75, 3.05) is 27.4 Å². The lowest BCUT2D eigenvalue weighted by molar-refractivity contribution is -0.139. The molecule has 3 aromatic rings. The average Bonchev–Trinajstić information content (AvgIpc) is 3.20. The van der Waals surface area contributed by atoms with E-state index in [0.717, 1.165) is 5.56 Å². The molecule has 2 heterocycles. The molecule has 0 saturated carbocycles. The largest absolute Gasteiger partial charge is 0.493 e. The molecule has 0 aliphatic carbocycles. The second-order valence-electron chi connectivity index (χ2n) is 8.10. The Balaban J connectivity index is 1.95. The second kappa shape index (κ2) is 11.7. The Bertz CT molecular complexity index is 1650. The number of nitrogens with zero attached hydrogens (tertiary/aromatic N) is 2. The smallest absolute Gasteiger partial charge is 0.338 e. The molecule has 2 aromatic carbocycles. The number of terminal acetylenes is 1. The van der Waals surface area contributed by atoms with Gasteiger partial charge in [-0.15, -0.1) is 6.42 Å². The van der Waals surface area contributed by atoms with Gasteiger partial charge in [0.25, 0.3) is 5.56 Å².